The number of ether oxygens (including phenoxy) is 1. The Hall–Kier alpha value is -1.66. The van der Waals surface area contributed by atoms with E-state index < -0.39 is 11.7 Å². The molecule has 0 radical (unpaired) electrons. The van der Waals surface area contributed by atoms with Crippen LogP contribution < -0.4 is 5.32 Å². The second-order valence-corrected chi connectivity index (χ2v) is 4.98. The fourth-order valence-electron chi connectivity index (χ4n) is 1.61. The number of aromatic nitrogens is 2. The third kappa shape index (κ3) is 4.79. The zero-order valence-electron chi connectivity index (χ0n) is 12.3. The molecule has 0 saturated heterocycles. The zero-order chi connectivity index (χ0) is 15.2. The molecule has 0 aromatic carbocycles. The summed E-state index contributed by atoms with van der Waals surface area (Å²) < 4.78 is 6.94. The summed E-state index contributed by atoms with van der Waals surface area (Å²) in [6, 6.07) is 0. The van der Waals surface area contributed by atoms with Crippen LogP contribution in [0.3, 0.4) is 0 Å². The van der Waals surface area contributed by atoms with Gasteiger partial charge in [-0.3, -0.25) is 9.48 Å². The maximum absolute atomic E-state index is 11.8. The van der Waals surface area contributed by atoms with Crippen LogP contribution in [-0.2, 0) is 22.2 Å². The molecule has 6 heteroatoms. The Labute approximate surface area is 119 Å². The van der Waals surface area contributed by atoms with Gasteiger partial charge in [0.2, 0.25) is 5.91 Å². The van der Waals surface area contributed by atoms with Crippen LogP contribution in [0.5, 0.6) is 0 Å². The normalized spacial score (nSPS) is 15.4. The molecule has 1 rings (SSSR count). The number of aryl methyl sites for hydroxylation is 1. The molecular weight excluding hydrogens is 258 g/mol. The van der Waals surface area contributed by atoms with Gasteiger partial charge in [0.25, 0.3) is 0 Å². The Morgan fingerprint density at radius 2 is 2.45 bits per heavy atom. The Balaban J connectivity index is 2.45. The highest BCUT2D eigenvalue weighted by Gasteiger charge is 2.26. The molecule has 0 fully saturated rings. The second kappa shape index (κ2) is 7.21. The predicted molar refractivity (Wildman–Crippen MR) is 76.0 cm³/mol. The SMILES string of the molecule is C=CCCOC(C)C(=O)NCC(C)(O)c1cnn(C)c1. The molecular formula is C14H23N3O3. The van der Waals surface area contributed by atoms with Crippen molar-refractivity contribution in [1.82, 2.24) is 15.1 Å². The van der Waals surface area contributed by atoms with Crippen molar-refractivity contribution in [1.29, 1.82) is 0 Å². The van der Waals surface area contributed by atoms with Crippen LogP contribution in [0.15, 0.2) is 25.0 Å². The minimum atomic E-state index is -1.16. The summed E-state index contributed by atoms with van der Waals surface area (Å²) in [6.07, 6.45) is 5.18. The van der Waals surface area contributed by atoms with Gasteiger partial charge >= 0.3 is 0 Å². The highest BCUT2D eigenvalue weighted by molar-refractivity contribution is 5.80. The number of carbonyl (C=O) groups excluding carboxylic acids is 1. The predicted octanol–water partition coefficient (Wildman–Crippen LogP) is 0.725. The molecule has 0 aliphatic carbocycles. The molecule has 0 spiro atoms. The van der Waals surface area contributed by atoms with Crippen molar-refractivity contribution in [2.75, 3.05) is 13.2 Å². The van der Waals surface area contributed by atoms with Crippen molar-refractivity contribution in [3.8, 4) is 0 Å². The zero-order valence-corrected chi connectivity index (χ0v) is 12.3. The first-order valence-corrected chi connectivity index (χ1v) is 6.58. The van der Waals surface area contributed by atoms with Crippen molar-refractivity contribution in [2.24, 2.45) is 7.05 Å². The minimum absolute atomic E-state index is 0.104. The van der Waals surface area contributed by atoms with E-state index >= 15 is 0 Å². The largest absolute Gasteiger partial charge is 0.383 e. The Bertz CT molecular complexity index is 454. The maximum atomic E-state index is 11.8. The lowest BCUT2D eigenvalue weighted by atomic mass is 10.00. The summed E-state index contributed by atoms with van der Waals surface area (Å²) in [5, 5.41) is 17.0. The molecule has 1 aromatic heterocycles. The summed E-state index contributed by atoms with van der Waals surface area (Å²) in [7, 11) is 1.77. The average molecular weight is 281 g/mol. The molecule has 20 heavy (non-hydrogen) atoms. The van der Waals surface area contributed by atoms with E-state index in [0.717, 1.165) is 0 Å². The minimum Gasteiger partial charge on any atom is -0.383 e. The molecule has 112 valence electrons. The van der Waals surface area contributed by atoms with Crippen LogP contribution in [0.25, 0.3) is 0 Å². The van der Waals surface area contributed by atoms with E-state index in [4.69, 9.17) is 4.74 Å². The molecule has 2 unspecified atom stereocenters. The summed E-state index contributed by atoms with van der Waals surface area (Å²) >= 11 is 0. The number of rotatable bonds is 8. The third-order valence-electron chi connectivity index (χ3n) is 2.99. The molecule has 0 saturated carbocycles. The van der Waals surface area contributed by atoms with Crippen molar-refractivity contribution >= 4 is 5.91 Å². The van der Waals surface area contributed by atoms with Crippen LogP contribution in [0.1, 0.15) is 25.8 Å². The van der Waals surface area contributed by atoms with Gasteiger partial charge in [0.05, 0.1) is 19.3 Å². The molecule has 1 amide bonds. The quantitative estimate of drug-likeness (QED) is 0.544. The number of hydrogen-bond donors (Lipinski definition) is 2. The van der Waals surface area contributed by atoms with Crippen LogP contribution in [0.2, 0.25) is 0 Å². The van der Waals surface area contributed by atoms with Gasteiger partial charge in [0, 0.05) is 18.8 Å². The fourth-order valence-corrected chi connectivity index (χ4v) is 1.61. The number of amides is 1. The fraction of sp³-hybridized carbons (Fsp3) is 0.571. The van der Waals surface area contributed by atoms with Gasteiger partial charge in [-0.25, -0.2) is 0 Å². The van der Waals surface area contributed by atoms with Crippen molar-refractivity contribution in [3.05, 3.63) is 30.6 Å². The van der Waals surface area contributed by atoms with E-state index in [9.17, 15) is 9.90 Å². The van der Waals surface area contributed by atoms with Crippen molar-refractivity contribution in [3.63, 3.8) is 0 Å². The Morgan fingerprint density at radius 1 is 1.75 bits per heavy atom. The molecule has 2 N–H and O–H groups in total. The average Bonchev–Trinajstić information content (AvgIpc) is 2.83. The Morgan fingerprint density at radius 3 is 3.00 bits per heavy atom. The van der Waals surface area contributed by atoms with Gasteiger partial charge in [-0.05, 0) is 20.3 Å². The van der Waals surface area contributed by atoms with Crippen LogP contribution in [0.4, 0.5) is 0 Å². The molecule has 0 aliphatic heterocycles. The standard InChI is InChI=1S/C14H23N3O3/c1-5-6-7-20-11(2)13(18)15-10-14(3,19)12-8-16-17(4)9-12/h5,8-9,11,19H,1,6-7,10H2,2-4H3,(H,15,18). The lowest BCUT2D eigenvalue weighted by Gasteiger charge is -2.23. The van der Waals surface area contributed by atoms with E-state index in [1.807, 2.05) is 0 Å². The highest BCUT2D eigenvalue weighted by Crippen LogP contribution is 2.18. The maximum Gasteiger partial charge on any atom is 0.248 e. The second-order valence-electron chi connectivity index (χ2n) is 4.98. The van der Waals surface area contributed by atoms with E-state index in [0.29, 0.717) is 18.6 Å². The van der Waals surface area contributed by atoms with Crippen LogP contribution in [-0.4, -0.2) is 40.0 Å². The number of nitrogens with one attached hydrogen (secondary N) is 1. The molecule has 0 aliphatic rings. The van der Waals surface area contributed by atoms with Gasteiger partial charge in [-0.15, -0.1) is 6.58 Å². The van der Waals surface area contributed by atoms with Crippen molar-refractivity contribution < 1.29 is 14.6 Å². The molecule has 1 aromatic rings. The van der Waals surface area contributed by atoms with E-state index in [-0.39, 0.29) is 12.5 Å². The molecule has 6 nitrogen and oxygen atoms in total. The topological polar surface area (TPSA) is 76.4 Å². The summed E-state index contributed by atoms with van der Waals surface area (Å²) in [6.45, 7) is 7.45. The third-order valence-corrected chi connectivity index (χ3v) is 2.99. The molecule has 0 bridgehead atoms. The van der Waals surface area contributed by atoms with E-state index in [1.165, 1.54) is 0 Å². The number of aliphatic hydroxyl groups is 1. The lowest BCUT2D eigenvalue weighted by molar-refractivity contribution is -0.132. The molecule has 1 heterocycles. The highest BCUT2D eigenvalue weighted by atomic mass is 16.5. The number of carbonyl (C=O) groups is 1. The van der Waals surface area contributed by atoms with E-state index in [1.54, 1.807) is 44.0 Å². The van der Waals surface area contributed by atoms with Gasteiger partial charge in [0.15, 0.2) is 0 Å². The van der Waals surface area contributed by atoms with Gasteiger partial charge in [-0.2, -0.15) is 5.10 Å². The van der Waals surface area contributed by atoms with Gasteiger partial charge in [-0.1, -0.05) is 6.08 Å². The summed E-state index contributed by atoms with van der Waals surface area (Å²) in [5.41, 5.74) is -0.509. The van der Waals surface area contributed by atoms with Crippen LogP contribution in [0, 0.1) is 0 Å². The van der Waals surface area contributed by atoms with Crippen LogP contribution >= 0.6 is 0 Å². The summed E-state index contributed by atoms with van der Waals surface area (Å²) in [5.74, 6) is -0.252. The smallest absolute Gasteiger partial charge is 0.248 e. The van der Waals surface area contributed by atoms with E-state index in [2.05, 4.69) is 17.0 Å². The van der Waals surface area contributed by atoms with Crippen molar-refractivity contribution in [2.45, 2.75) is 32.0 Å². The first-order chi connectivity index (χ1) is 9.36. The Kier molecular flexibility index (Phi) is 5.91. The first-order valence-electron chi connectivity index (χ1n) is 6.58. The van der Waals surface area contributed by atoms with Gasteiger partial charge < -0.3 is 15.2 Å². The lowest BCUT2D eigenvalue weighted by Crippen LogP contribution is -2.42. The number of nitrogens with zero attached hydrogens (tertiary/aromatic N) is 2. The summed E-state index contributed by atoms with van der Waals surface area (Å²) in [4.78, 5) is 11.8. The number of hydrogen-bond acceptors (Lipinski definition) is 4. The van der Waals surface area contributed by atoms with Gasteiger partial charge in [0.1, 0.15) is 11.7 Å². The molecule has 2 atom stereocenters. The first kappa shape index (κ1) is 16.4. The monoisotopic (exact) mass is 281 g/mol.